The summed E-state index contributed by atoms with van der Waals surface area (Å²) in [5.74, 6) is 2.52. The van der Waals surface area contributed by atoms with Gasteiger partial charge in [-0.25, -0.2) is 15.0 Å². The maximum Gasteiger partial charge on any atom is 0.255 e. The quantitative estimate of drug-likeness (QED) is 0.296. The van der Waals surface area contributed by atoms with E-state index in [0.717, 1.165) is 22.0 Å². The molecule has 0 unspecified atom stereocenters. The van der Waals surface area contributed by atoms with Crippen LogP contribution in [-0.4, -0.2) is 27.1 Å². The topological polar surface area (TPSA) is 91.8 Å². The third-order valence-electron chi connectivity index (χ3n) is 4.78. The molecule has 2 aromatic carbocycles. The first kappa shape index (κ1) is 22.3. The largest absolute Gasteiger partial charge is 0.340 e. The summed E-state index contributed by atoms with van der Waals surface area (Å²) in [5.41, 5.74) is 3.29. The van der Waals surface area contributed by atoms with Gasteiger partial charge in [0.1, 0.15) is 23.3 Å². The van der Waals surface area contributed by atoms with E-state index in [4.69, 9.17) is 0 Å². The minimum Gasteiger partial charge on any atom is -0.340 e. The third-order valence-corrected chi connectivity index (χ3v) is 5.52. The van der Waals surface area contributed by atoms with Crippen molar-refractivity contribution in [1.29, 1.82) is 0 Å². The molecular weight excluding hydrogens is 432 g/mol. The van der Waals surface area contributed by atoms with E-state index in [0.29, 0.717) is 28.7 Å². The molecule has 4 rings (SSSR count). The van der Waals surface area contributed by atoms with Crippen LogP contribution >= 0.6 is 11.8 Å². The number of hydrogen-bond donors (Lipinski definition) is 3. The van der Waals surface area contributed by atoms with E-state index in [1.54, 1.807) is 18.0 Å². The van der Waals surface area contributed by atoms with Gasteiger partial charge in [-0.2, -0.15) is 0 Å². The molecule has 4 aromatic rings. The Morgan fingerprint density at radius 2 is 1.45 bits per heavy atom. The number of thioether (sulfide) groups is 1. The highest BCUT2D eigenvalue weighted by atomic mass is 32.2. The Morgan fingerprint density at radius 1 is 0.788 bits per heavy atom. The molecule has 0 spiro atoms. The molecule has 8 heteroatoms. The summed E-state index contributed by atoms with van der Waals surface area (Å²) >= 11 is 1.64. The summed E-state index contributed by atoms with van der Waals surface area (Å²) in [5, 5.41) is 9.42. The molecular formula is C25H24N6OS. The second-order valence-corrected chi connectivity index (χ2v) is 8.29. The normalized spacial score (nSPS) is 10.5. The number of benzene rings is 2. The van der Waals surface area contributed by atoms with Gasteiger partial charge in [-0.1, -0.05) is 0 Å². The Morgan fingerprint density at radius 3 is 2.12 bits per heavy atom. The number of anilines is 5. The average molecular weight is 457 g/mol. The number of amides is 1. The standard InChI is InChI=1S/C25H24N6OS/c1-16-12-13-26-22(14-16)31-24-15-23(27-17(2)28-24)29-19-6-8-20(9-7-19)30-25(32)18-4-10-21(33-3)11-5-18/h4-15H,1-3H3,(H,30,32)(H2,26,27,28,29,31). The van der Waals surface area contributed by atoms with Gasteiger partial charge in [-0.15, -0.1) is 11.8 Å². The van der Waals surface area contributed by atoms with Gasteiger partial charge in [0.2, 0.25) is 0 Å². The minimum atomic E-state index is -0.143. The van der Waals surface area contributed by atoms with Crippen LogP contribution in [0.3, 0.4) is 0 Å². The van der Waals surface area contributed by atoms with Crippen LogP contribution in [0.2, 0.25) is 0 Å². The van der Waals surface area contributed by atoms with Gasteiger partial charge in [0, 0.05) is 34.1 Å². The summed E-state index contributed by atoms with van der Waals surface area (Å²) in [7, 11) is 0. The van der Waals surface area contributed by atoms with Gasteiger partial charge in [0.25, 0.3) is 5.91 Å². The Labute approximate surface area is 197 Å². The molecule has 166 valence electrons. The third kappa shape index (κ3) is 6.08. The van der Waals surface area contributed by atoms with Crippen LogP contribution in [0.5, 0.6) is 0 Å². The van der Waals surface area contributed by atoms with Gasteiger partial charge in [-0.3, -0.25) is 4.79 Å². The first-order valence-corrected chi connectivity index (χ1v) is 11.6. The van der Waals surface area contributed by atoms with Gasteiger partial charge >= 0.3 is 0 Å². The molecule has 3 N–H and O–H groups in total. The number of nitrogens with one attached hydrogen (secondary N) is 3. The van der Waals surface area contributed by atoms with Crippen molar-refractivity contribution in [2.75, 3.05) is 22.2 Å². The first-order chi connectivity index (χ1) is 16.0. The molecule has 7 nitrogen and oxygen atoms in total. The molecule has 0 aliphatic carbocycles. The molecule has 0 radical (unpaired) electrons. The number of carbonyl (C=O) groups is 1. The van der Waals surface area contributed by atoms with E-state index in [1.165, 1.54) is 0 Å². The van der Waals surface area contributed by atoms with Crippen LogP contribution in [0.25, 0.3) is 0 Å². The van der Waals surface area contributed by atoms with Crippen molar-refractivity contribution < 1.29 is 4.79 Å². The highest BCUT2D eigenvalue weighted by Crippen LogP contribution is 2.22. The van der Waals surface area contributed by atoms with E-state index in [2.05, 4.69) is 30.9 Å². The van der Waals surface area contributed by atoms with Gasteiger partial charge in [0.05, 0.1) is 0 Å². The van der Waals surface area contributed by atoms with Crippen molar-refractivity contribution in [3.8, 4) is 0 Å². The molecule has 0 bridgehead atoms. The summed E-state index contributed by atoms with van der Waals surface area (Å²) < 4.78 is 0. The second kappa shape index (κ2) is 10.1. The number of nitrogens with zero attached hydrogens (tertiary/aromatic N) is 3. The lowest BCUT2D eigenvalue weighted by molar-refractivity contribution is 0.102. The van der Waals surface area contributed by atoms with Crippen LogP contribution < -0.4 is 16.0 Å². The van der Waals surface area contributed by atoms with Crippen LogP contribution in [0.4, 0.5) is 28.8 Å². The van der Waals surface area contributed by atoms with Crippen molar-refractivity contribution in [2.45, 2.75) is 18.7 Å². The zero-order valence-electron chi connectivity index (χ0n) is 18.6. The molecule has 2 heterocycles. The number of rotatable bonds is 7. The van der Waals surface area contributed by atoms with Gasteiger partial charge < -0.3 is 16.0 Å². The lowest BCUT2D eigenvalue weighted by Crippen LogP contribution is -2.11. The molecule has 0 saturated carbocycles. The SMILES string of the molecule is CSc1ccc(C(=O)Nc2ccc(Nc3cc(Nc4cc(C)ccn4)nc(C)n3)cc2)cc1. The zero-order chi connectivity index (χ0) is 23.2. The van der Waals surface area contributed by atoms with Crippen LogP contribution in [0.1, 0.15) is 21.7 Å². The maximum atomic E-state index is 12.5. The zero-order valence-corrected chi connectivity index (χ0v) is 19.4. The molecule has 0 aliphatic heterocycles. The summed E-state index contributed by atoms with van der Waals surface area (Å²) in [6, 6.07) is 20.7. The van der Waals surface area contributed by atoms with Crippen molar-refractivity contribution in [1.82, 2.24) is 15.0 Å². The molecule has 1 amide bonds. The molecule has 0 fully saturated rings. The lowest BCUT2D eigenvalue weighted by atomic mass is 10.2. The fourth-order valence-corrected chi connectivity index (χ4v) is 3.57. The average Bonchev–Trinajstić information content (AvgIpc) is 2.80. The number of pyridine rings is 1. The fourth-order valence-electron chi connectivity index (χ4n) is 3.16. The molecule has 0 aliphatic rings. The Hall–Kier alpha value is -3.91. The predicted molar refractivity (Wildman–Crippen MR) is 135 cm³/mol. The fraction of sp³-hybridized carbons (Fsp3) is 0.120. The Kier molecular flexibility index (Phi) is 6.85. The number of carbonyl (C=O) groups excluding carboxylic acids is 1. The summed E-state index contributed by atoms with van der Waals surface area (Å²) in [6.45, 7) is 3.85. The van der Waals surface area contributed by atoms with Crippen molar-refractivity contribution >= 4 is 46.5 Å². The Bertz CT molecular complexity index is 1260. The minimum absolute atomic E-state index is 0.143. The number of aromatic nitrogens is 3. The summed E-state index contributed by atoms with van der Waals surface area (Å²) in [6.07, 6.45) is 3.76. The predicted octanol–water partition coefficient (Wildman–Crippen LogP) is 5.95. The number of hydrogen-bond acceptors (Lipinski definition) is 7. The van der Waals surface area contributed by atoms with E-state index in [9.17, 15) is 4.79 Å². The summed E-state index contributed by atoms with van der Waals surface area (Å²) in [4.78, 5) is 26.8. The van der Waals surface area contributed by atoms with Gasteiger partial charge in [-0.05, 0) is 86.3 Å². The molecule has 0 saturated heterocycles. The van der Waals surface area contributed by atoms with Crippen molar-refractivity contribution in [3.63, 3.8) is 0 Å². The van der Waals surface area contributed by atoms with Crippen LogP contribution in [0, 0.1) is 13.8 Å². The van der Waals surface area contributed by atoms with E-state index in [1.807, 2.05) is 86.8 Å². The highest BCUT2D eigenvalue weighted by molar-refractivity contribution is 7.98. The first-order valence-electron chi connectivity index (χ1n) is 10.4. The van der Waals surface area contributed by atoms with E-state index < -0.39 is 0 Å². The second-order valence-electron chi connectivity index (χ2n) is 7.41. The number of aryl methyl sites for hydroxylation is 2. The van der Waals surface area contributed by atoms with Crippen LogP contribution in [-0.2, 0) is 0 Å². The van der Waals surface area contributed by atoms with E-state index >= 15 is 0 Å². The molecule has 2 aromatic heterocycles. The van der Waals surface area contributed by atoms with Crippen LogP contribution in [0.15, 0.2) is 77.8 Å². The lowest BCUT2D eigenvalue weighted by Gasteiger charge is -2.11. The Balaban J connectivity index is 1.42. The molecule has 0 atom stereocenters. The highest BCUT2D eigenvalue weighted by Gasteiger charge is 2.07. The molecule has 33 heavy (non-hydrogen) atoms. The van der Waals surface area contributed by atoms with E-state index in [-0.39, 0.29) is 5.91 Å². The van der Waals surface area contributed by atoms with Crippen molar-refractivity contribution in [3.05, 3.63) is 89.9 Å². The van der Waals surface area contributed by atoms with Crippen molar-refractivity contribution in [2.24, 2.45) is 0 Å². The monoisotopic (exact) mass is 456 g/mol. The smallest absolute Gasteiger partial charge is 0.255 e. The van der Waals surface area contributed by atoms with Gasteiger partial charge in [0.15, 0.2) is 0 Å². The maximum absolute atomic E-state index is 12.5.